The van der Waals surface area contributed by atoms with E-state index in [0.717, 1.165) is 16.7 Å². The second-order valence-corrected chi connectivity index (χ2v) is 6.84. The zero-order valence-corrected chi connectivity index (χ0v) is 15.7. The summed E-state index contributed by atoms with van der Waals surface area (Å²) in [6.45, 7) is 6.07. The van der Waals surface area contributed by atoms with Gasteiger partial charge in [-0.15, -0.1) is 0 Å². The maximum Gasteiger partial charge on any atom is 0.273 e. The Morgan fingerprint density at radius 3 is 2.56 bits per heavy atom. The standard InChI is InChI=1S/C21H23N3O3/c1-13-8-9-14(2)18(12-13)15(3)22-19(25)10-11-24-21(27)17-7-5-4-6-16(17)20(26)23-24/h4-9,12,15H,10-11H2,1-3H3,(H,22,25)(H,23,26). The second-order valence-electron chi connectivity index (χ2n) is 6.84. The van der Waals surface area contributed by atoms with Crippen LogP contribution in [0.15, 0.2) is 52.1 Å². The molecule has 0 spiro atoms. The van der Waals surface area contributed by atoms with Gasteiger partial charge in [-0.2, -0.15) is 0 Å². The van der Waals surface area contributed by atoms with Gasteiger partial charge in [0.15, 0.2) is 0 Å². The zero-order valence-electron chi connectivity index (χ0n) is 15.7. The fourth-order valence-corrected chi connectivity index (χ4v) is 3.24. The number of aromatic amines is 1. The van der Waals surface area contributed by atoms with E-state index in [1.165, 1.54) is 4.68 Å². The summed E-state index contributed by atoms with van der Waals surface area (Å²) >= 11 is 0. The van der Waals surface area contributed by atoms with Gasteiger partial charge in [0.1, 0.15) is 0 Å². The third-order valence-corrected chi connectivity index (χ3v) is 4.72. The van der Waals surface area contributed by atoms with Crippen molar-refractivity contribution in [1.82, 2.24) is 15.1 Å². The van der Waals surface area contributed by atoms with E-state index in [9.17, 15) is 14.4 Å². The summed E-state index contributed by atoms with van der Waals surface area (Å²) in [5.74, 6) is -0.177. The van der Waals surface area contributed by atoms with Crippen molar-refractivity contribution >= 4 is 16.7 Å². The predicted octanol–water partition coefficient (Wildman–Crippen LogP) is 2.57. The monoisotopic (exact) mass is 365 g/mol. The molecule has 0 saturated carbocycles. The van der Waals surface area contributed by atoms with Crippen molar-refractivity contribution in [1.29, 1.82) is 0 Å². The molecular weight excluding hydrogens is 342 g/mol. The Labute approximate surface area is 156 Å². The van der Waals surface area contributed by atoms with E-state index < -0.39 is 0 Å². The average Bonchev–Trinajstić information content (AvgIpc) is 2.65. The molecule has 1 atom stereocenters. The Morgan fingerprint density at radius 1 is 1.11 bits per heavy atom. The molecule has 3 rings (SSSR count). The summed E-state index contributed by atoms with van der Waals surface area (Å²) in [5, 5.41) is 6.21. The fourth-order valence-electron chi connectivity index (χ4n) is 3.24. The molecule has 6 heteroatoms. The third kappa shape index (κ3) is 4.00. The van der Waals surface area contributed by atoms with Crippen molar-refractivity contribution in [3.63, 3.8) is 0 Å². The average molecular weight is 365 g/mol. The first-order valence-corrected chi connectivity index (χ1v) is 8.95. The molecule has 0 bridgehead atoms. The van der Waals surface area contributed by atoms with Crippen LogP contribution in [0.25, 0.3) is 10.8 Å². The van der Waals surface area contributed by atoms with Gasteiger partial charge < -0.3 is 5.32 Å². The van der Waals surface area contributed by atoms with Gasteiger partial charge >= 0.3 is 0 Å². The van der Waals surface area contributed by atoms with Crippen LogP contribution in [0.4, 0.5) is 0 Å². The van der Waals surface area contributed by atoms with Gasteiger partial charge in [0.25, 0.3) is 11.1 Å². The SMILES string of the molecule is Cc1ccc(C)c(C(C)NC(=O)CCn2[nH]c(=O)c3ccccc3c2=O)c1. The first kappa shape index (κ1) is 18.6. The Hall–Kier alpha value is -3.15. The maximum absolute atomic E-state index is 12.5. The van der Waals surface area contributed by atoms with Crippen molar-refractivity contribution in [2.75, 3.05) is 0 Å². The molecule has 0 fully saturated rings. The summed E-state index contributed by atoms with van der Waals surface area (Å²) in [5.41, 5.74) is 2.68. The molecule has 140 valence electrons. The molecule has 1 aromatic heterocycles. The molecule has 0 aliphatic heterocycles. The van der Waals surface area contributed by atoms with Gasteiger partial charge in [-0.1, -0.05) is 35.9 Å². The minimum absolute atomic E-state index is 0.101. The topological polar surface area (TPSA) is 84.0 Å². The van der Waals surface area contributed by atoms with Crippen LogP contribution in [-0.4, -0.2) is 15.7 Å². The summed E-state index contributed by atoms with van der Waals surface area (Å²) in [7, 11) is 0. The maximum atomic E-state index is 12.5. The molecule has 0 aliphatic carbocycles. The largest absolute Gasteiger partial charge is 0.350 e. The number of carbonyl (C=O) groups excluding carboxylic acids is 1. The Bertz CT molecular complexity index is 1110. The molecule has 2 N–H and O–H groups in total. The first-order valence-electron chi connectivity index (χ1n) is 8.95. The molecule has 0 aliphatic rings. The molecule has 1 heterocycles. The van der Waals surface area contributed by atoms with Crippen LogP contribution >= 0.6 is 0 Å². The molecule has 1 unspecified atom stereocenters. The van der Waals surface area contributed by atoms with Crippen LogP contribution < -0.4 is 16.4 Å². The van der Waals surface area contributed by atoms with E-state index in [1.54, 1.807) is 24.3 Å². The lowest BCUT2D eigenvalue weighted by Crippen LogP contribution is -2.33. The number of hydrogen-bond acceptors (Lipinski definition) is 3. The quantitative estimate of drug-likeness (QED) is 0.729. The lowest BCUT2D eigenvalue weighted by molar-refractivity contribution is -0.122. The van der Waals surface area contributed by atoms with Crippen molar-refractivity contribution in [3.05, 3.63) is 79.9 Å². The number of aryl methyl sites for hydroxylation is 3. The van der Waals surface area contributed by atoms with Gasteiger partial charge in [0, 0.05) is 6.42 Å². The number of amides is 1. The number of fused-ring (bicyclic) bond motifs is 1. The highest BCUT2D eigenvalue weighted by Crippen LogP contribution is 2.18. The molecule has 6 nitrogen and oxygen atoms in total. The number of benzene rings is 2. The number of hydrogen-bond donors (Lipinski definition) is 2. The minimum atomic E-state index is -0.339. The summed E-state index contributed by atoms with van der Waals surface area (Å²) in [6, 6.07) is 12.7. The van der Waals surface area contributed by atoms with Crippen LogP contribution in [0.2, 0.25) is 0 Å². The minimum Gasteiger partial charge on any atom is -0.350 e. The summed E-state index contributed by atoms with van der Waals surface area (Å²) in [4.78, 5) is 36.9. The molecular formula is C21H23N3O3. The van der Waals surface area contributed by atoms with Gasteiger partial charge in [-0.3, -0.25) is 19.5 Å². The Morgan fingerprint density at radius 2 is 1.81 bits per heavy atom. The van der Waals surface area contributed by atoms with E-state index in [0.29, 0.717) is 10.8 Å². The Kier molecular flexibility index (Phi) is 5.26. The Balaban J connectivity index is 1.72. The normalized spacial score (nSPS) is 12.1. The number of aromatic nitrogens is 2. The van der Waals surface area contributed by atoms with Gasteiger partial charge in [-0.25, -0.2) is 4.68 Å². The smallest absolute Gasteiger partial charge is 0.273 e. The predicted molar refractivity (Wildman–Crippen MR) is 106 cm³/mol. The van der Waals surface area contributed by atoms with Crippen molar-refractivity contribution < 1.29 is 4.79 Å². The number of rotatable bonds is 5. The van der Waals surface area contributed by atoms with Gasteiger partial charge in [-0.05, 0) is 44.0 Å². The van der Waals surface area contributed by atoms with Crippen LogP contribution in [-0.2, 0) is 11.3 Å². The number of carbonyl (C=O) groups is 1. The van der Waals surface area contributed by atoms with E-state index in [-0.39, 0.29) is 36.0 Å². The molecule has 1 amide bonds. The van der Waals surface area contributed by atoms with Crippen molar-refractivity contribution in [2.24, 2.45) is 0 Å². The first-order chi connectivity index (χ1) is 12.9. The molecule has 0 radical (unpaired) electrons. The summed E-state index contributed by atoms with van der Waals surface area (Å²) in [6.07, 6.45) is 0.101. The van der Waals surface area contributed by atoms with E-state index in [2.05, 4.69) is 16.5 Å². The number of H-pyrrole nitrogens is 1. The molecule has 27 heavy (non-hydrogen) atoms. The van der Waals surface area contributed by atoms with Crippen LogP contribution in [0.5, 0.6) is 0 Å². The third-order valence-electron chi connectivity index (χ3n) is 4.72. The van der Waals surface area contributed by atoms with Gasteiger partial charge in [0.2, 0.25) is 5.91 Å². The molecule has 0 saturated heterocycles. The van der Waals surface area contributed by atoms with Crippen LogP contribution in [0.1, 0.15) is 36.1 Å². The number of nitrogens with zero attached hydrogens (tertiary/aromatic N) is 1. The van der Waals surface area contributed by atoms with Crippen LogP contribution in [0.3, 0.4) is 0 Å². The zero-order chi connectivity index (χ0) is 19.6. The van der Waals surface area contributed by atoms with E-state index in [4.69, 9.17) is 0 Å². The lowest BCUT2D eigenvalue weighted by Gasteiger charge is -2.17. The fraction of sp³-hybridized carbons (Fsp3) is 0.286. The highest BCUT2D eigenvalue weighted by Gasteiger charge is 2.13. The van der Waals surface area contributed by atoms with Crippen molar-refractivity contribution in [2.45, 2.75) is 39.8 Å². The highest BCUT2D eigenvalue weighted by atomic mass is 16.2. The van der Waals surface area contributed by atoms with E-state index >= 15 is 0 Å². The van der Waals surface area contributed by atoms with Gasteiger partial charge in [0.05, 0.1) is 23.4 Å². The highest BCUT2D eigenvalue weighted by molar-refractivity contribution is 5.80. The second kappa shape index (κ2) is 7.61. The number of nitrogens with one attached hydrogen (secondary N) is 2. The van der Waals surface area contributed by atoms with E-state index in [1.807, 2.05) is 32.9 Å². The summed E-state index contributed by atoms with van der Waals surface area (Å²) < 4.78 is 1.20. The van der Waals surface area contributed by atoms with Crippen LogP contribution in [0, 0.1) is 13.8 Å². The van der Waals surface area contributed by atoms with Crippen molar-refractivity contribution in [3.8, 4) is 0 Å². The lowest BCUT2D eigenvalue weighted by atomic mass is 10.00. The molecule has 2 aromatic carbocycles. The molecule has 3 aromatic rings.